The lowest BCUT2D eigenvalue weighted by Gasteiger charge is -2.23. The van der Waals surface area contributed by atoms with Gasteiger partial charge in [-0.2, -0.15) is 0 Å². The Hall–Kier alpha value is -0.390. The summed E-state index contributed by atoms with van der Waals surface area (Å²) in [5.41, 5.74) is 0.665. The summed E-state index contributed by atoms with van der Waals surface area (Å²) in [6.07, 6.45) is 1.78. The van der Waals surface area contributed by atoms with Crippen molar-refractivity contribution in [3.05, 3.63) is 32.7 Å². The second kappa shape index (κ2) is 5.98. The molecule has 0 aliphatic carbocycles. The minimum Gasteiger partial charge on any atom is -0.381 e. The molecule has 1 amide bonds. The molecular weight excluding hydrogens is 350 g/mol. The number of carbonyl (C=O) groups is 1. The molecule has 1 aromatic carbocycles. The van der Waals surface area contributed by atoms with Gasteiger partial charge in [0.1, 0.15) is 0 Å². The highest BCUT2D eigenvalue weighted by Gasteiger charge is 2.17. The fraction of sp³-hybridized carbons (Fsp3) is 0.417. The molecule has 17 heavy (non-hydrogen) atoms. The van der Waals surface area contributed by atoms with Crippen molar-refractivity contribution in [3.8, 4) is 0 Å². The molecule has 5 heteroatoms. The molecule has 0 aromatic heterocycles. The molecule has 1 heterocycles. The van der Waals surface area contributed by atoms with Gasteiger partial charge in [-0.05, 0) is 31.0 Å². The third-order valence-corrected chi connectivity index (χ3v) is 3.60. The molecule has 0 atom stereocenters. The molecule has 1 aromatic rings. The van der Waals surface area contributed by atoms with Crippen LogP contribution < -0.4 is 5.32 Å². The fourth-order valence-electron chi connectivity index (χ4n) is 1.80. The Kier molecular flexibility index (Phi) is 4.59. The van der Waals surface area contributed by atoms with E-state index in [1.54, 1.807) is 0 Å². The van der Waals surface area contributed by atoms with Gasteiger partial charge in [0.15, 0.2) is 0 Å². The third kappa shape index (κ3) is 3.79. The van der Waals surface area contributed by atoms with Gasteiger partial charge in [0, 0.05) is 33.8 Å². The van der Waals surface area contributed by atoms with Crippen LogP contribution in [0.25, 0.3) is 0 Å². The minimum atomic E-state index is -0.0288. The van der Waals surface area contributed by atoms with Crippen LogP contribution in [0, 0.1) is 0 Å². The van der Waals surface area contributed by atoms with E-state index < -0.39 is 0 Å². The SMILES string of the molecule is O=C(NC1CCOCC1)c1cc(Br)cc(Br)c1. The van der Waals surface area contributed by atoms with Gasteiger partial charge in [0.05, 0.1) is 0 Å². The van der Waals surface area contributed by atoms with Gasteiger partial charge in [-0.15, -0.1) is 0 Å². The van der Waals surface area contributed by atoms with Gasteiger partial charge >= 0.3 is 0 Å². The average molecular weight is 363 g/mol. The zero-order chi connectivity index (χ0) is 12.3. The van der Waals surface area contributed by atoms with Gasteiger partial charge in [0.25, 0.3) is 5.91 Å². The lowest BCUT2D eigenvalue weighted by atomic mass is 10.1. The number of benzene rings is 1. The molecule has 0 saturated carbocycles. The molecule has 1 aliphatic heterocycles. The molecule has 92 valence electrons. The Bertz CT molecular complexity index is 397. The van der Waals surface area contributed by atoms with Crippen LogP contribution in [0.2, 0.25) is 0 Å². The van der Waals surface area contributed by atoms with Crippen LogP contribution >= 0.6 is 31.9 Å². The van der Waals surface area contributed by atoms with Crippen molar-refractivity contribution < 1.29 is 9.53 Å². The Morgan fingerprint density at radius 2 is 1.76 bits per heavy atom. The summed E-state index contributed by atoms with van der Waals surface area (Å²) in [6.45, 7) is 1.46. The van der Waals surface area contributed by atoms with Crippen molar-refractivity contribution in [1.29, 1.82) is 0 Å². The number of ether oxygens (including phenoxy) is 1. The maximum atomic E-state index is 12.0. The second-order valence-corrected chi connectivity index (χ2v) is 5.85. The molecule has 0 radical (unpaired) electrons. The first-order chi connectivity index (χ1) is 8.15. The molecular formula is C12H13Br2NO2. The van der Waals surface area contributed by atoms with Crippen molar-refractivity contribution in [2.24, 2.45) is 0 Å². The first kappa shape index (κ1) is 13.1. The average Bonchev–Trinajstić information content (AvgIpc) is 2.29. The highest BCUT2D eigenvalue weighted by atomic mass is 79.9. The van der Waals surface area contributed by atoms with Crippen LogP contribution in [0.3, 0.4) is 0 Å². The van der Waals surface area contributed by atoms with E-state index in [9.17, 15) is 4.79 Å². The molecule has 3 nitrogen and oxygen atoms in total. The van der Waals surface area contributed by atoms with E-state index in [0.29, 0.717) is 5.56 Å². The zero-order valence-electron chi connectivity index (χ0n) is 9.21. The van der Waals surface area contributed by atoms with Gasteiger partial charge in [-0.3, -0.25) is 4.79 Å². The van der Waals surface area contributed by atoms with Gasteiger partial charge in [0.2, 0.25) is 0 Å². The number of rotatable bonds is 2. The van der Waals surface area contributed by atoms with Crippen LogP contribution in [0.5, 0.6) is 0 Å². The van der Waals surface area contributed by atoms with E-state index in [4.69, 9.17) is 4.74 Å². The minimum absolute atomic E-state index is 0.0288. The lowest BCUT2D eigenvalue weighted by molar-refractivity contribution is 0.0696. The zero-order valence-corrected chi connectivity index (χ0v) is 12.4. The Morgan fingerprint density at radius 3 is 2.35 bits per heavy atom. The largest absolute Gasteiger partial charge is 0.381 e. The predicted octanol–water partition coefficient (Wildman–Crippen LogP) is 3.12. The molecule has 1 saturated heterocycles. The van der Waals surface area contributed by atoms with Gasteiger partial charge in [-0.25, -0.2) is 0 Å². The summed E-state index contributed by atoms with van der Waals surface area (Å²) >= 11 is 6.75. The first-order valence-electron chi connectivity index (χ1n) is 5.50. The van der Waals surface area contributed by atoms with E-state index in [-0.39, 0.29) is 11.9 Å². The Morgan fingerprint density at radius 1 is 1.18 bits per heavy atom. The van der Waals surface area contributed by atoms with Crippen LogP contribution in [-0.2, 0) is 4.74 Å². The maximum Gasteiger partial charge on any atom is 0.251 e. The normalized spacial score (nSPS) is 16.8. The summed E-state index contributed by atoms with van der Waals surface area (Å²) in [5, 5.41) is 3.03. The molecule has 1 fully saturated rings. The van der Waals surface area contributed by atoms with Crippen LogP contribution in [-0.4, -0.2) is 25.2 Å². The lowest BCUT2D eigenvalue weighted by Crippen LogP contribution is -2.38. The molecule has 1 aliphatic rings. The predicted molar refractivity (Wildman–Crippen MR) is 73.1 cm³/mol. The number of carbonyl (C=O) groups excluding carboxylic acids is 1. The Labute approximate surface area is 117 Å². The number of hydrogen-bond acceptors (Lipinski definition) is 2. The molecule has 2 rings (SSSR count). The molecule has 0 spiro atoms. The first-order valence-corrected chi connectivity index (χ1v) is 7.08. The van der Waals surface area contributed by atoms with Crippen molar-refractivity contribution >= 4 is 37.8 Å². The van der Waals surface area contributed by atoms with Gasteiger partial charge < -0.3 is 10.1 Å². The van der Waals surface area contributed by atoms with E-state index in [0.717, 1.165) is 35.0 Å². The second-order valence-electron chi connectivity index (χ2n) is 4.02. The fourth-order valence-corrected chi connectivity index (χ4v) is 3.09. The van der Waals surface area contributed by atoms with Crippen molar-refractivity contribution in [1.82, 2.24) is 5.32 Å². The monoisotopic (exact) mass is 361 g/mol. The number of nitrogens with one attached hydrogen (secondary N) is 1. The molecule has 0 bridgehead atoms. The summed E-state index contributed by atoms with van der Waals surface area (Å²) < 4.78 is 7.04. The molecule has 0 unspecified atom stereocenters. The van der Waals surface area contributed by atoms with E-state index in [1.165, 1.54) is 0 Å². The van der Waals surface area contributed by atoms with E-state index in [2.05, 4.69) is 37.2 Å². The van der Waals surface area contributed by atoms with Crippen LogP contribution in [0.4, 0.5) is 0 Å². The number of halogens is 2. The number of amides is 1. The summed E-state index contributed by atoms with van der Waals surface area (Å²) in [6, 6.07) is 5.78. The quantitative estimate of drug-likeness (QED) is 0.877. The highest BCUT2D eigenvalue weighted by molar-refractivity contribution is 9.11. The summed E-state index contributed by atoms with van der Waals surface area (Å²) in [7, 11) is 0. The Balaban J connectivity index is 2.03. The van der Waals surface area contributed by atoms with Crippen molar-refractivity contribution in [3.63, 3.8) is 0 Å². The maximum absolute atomic E-state index is 12.0. The van der Waals surface area contributed by atoms with E-state index in [1.807, 2.05) is 18.2 Å². The topological polar surface area (TPSA) is 38.3 Å². The smallest absolute Gasteiger partial charge is 0.251 e. The van der Waals surface area contributed by atoms with Crippen molar-refractivity contribution in [2.75, 3.05) is 13.2 Å². The highest BCUT2D eigenvalue weighted by Crippen LogP contribution is 2.20. The van der Waals surface area contributed by atoms with Crippen LogP contribution in [0.1, 0.15) is 23.2 Å². The number of hydrogen-bond donors (Lipinski definition) is 1. The standard InChI is InChI=1S/C12H13Br2NO2/c13-9-5-8(6-10(14)7-9)12(16)15-11-1-3-17-4-2-11/h5-7,11H,1-4H2,(H,15,16). The third-order valence-electron chi connectivity index (χ3n) is 2.68. The summed E-state index contributed by atoms with van der Waals surface area (Å²) in [5.74, 6) is -0.0288. The van der Waals surface area contributed by atoms with Crippen molar-refractivity contribution in [2.45, 2.75) is 18.9 Å². The van der Waals surface area contributed by atoms with Gasteiger partial charge in [-0.1, -0.05) is 31.9 Å². The molecule has 1 N–H and O–H groups in total. The summed E-state index contributed by atoms with van der Waals surface area (Å²) in [4.78, 5) is 12.0. The van der Waals surface area contributed by atoms with Crippen LogP contribution in [0.15, 0.2) is 27.1 Å². The van der Waals surface area contributed by atoms with E-state index >= 15 is 0 Å².